The molecule has 0 aromatic heterocycles. The van der Waals surface area contributed by atoms with Crippen LogP contribution in [0, 0.1) is 0 Å². The average Bonchev–Trinajstić information content (AvgIpc) is 2.75. The molecular formula is C20H18Cl2N4O4. The summed E-state index contributed by atoms with van der Waals surface area (Å²) in [5, 5.41) is 6.99. The molecule has 2 aromatic rings. The van der Waals surface area contributed by atoms with Gasteiger partial charge in [-0.15, -0.1) is 0 Å². The number of amides is 3. The van der Waals surface area contributed by atoms with Gasteiger partial charge in [-0.1, -0.05) is 41.4 Å². The molecule has 1 aliphatic heterocycles. The van der Waals surface area contributed by atoms with Crippen LogP contribution in [0.2, 0.25) is 10.0 Å². The summed E-state index contributed by atoms with van der Waals surface area (Å²) in [6, 6.07) is 11.2. The van der Waals surface area contributed by atoms with Crippen LogP contribution in [0.3, 0.4) is 0 Å². The Morgan fingerprint density at radius 3 is 2.50 bits per heavy atom. The lowest BCUT2D eigenvalue weighted by Gasteiger charge is -2.27. The average molecular weight is 449 g/mol. The van der Waals surface area contributed by atoms with E-state index in [-0.39, 0.29) is 17.2 Å². The monoisotopic (exact) mass is 448 g/mol. The Morgan fingerprint density at radius 1 is 1.03 bits per heavy atom. The Bertz CT molecular complexity index is 991. The summed E-state index contributed by atoms with van der Waals surface area (Å²) in [5.74, 6) is -2.20. The van der Waals surface area contributed by atoms with Crippen molar-refractivity contribution in [2.75, 3.05) is 31.6 Å². The number of carbonyl (C=O) groups is 3. The van der Waals surface area contributed by atoms with Crippen LogP contribution in [0.4, 0.5) is 5.69 Å². The van der Waals surface area contributed by atoms with Crippen LogP contribution in [0.5, 0.6) is 0 Å². The molecule has 3 amide bonds. The zero-order valence-corrected chi connectivity index (χ0v) is 17.2. The summed E-state index contributed by atoms with van der Waals surface area (Å²) in [6.45, 7) is 1.84. The molecule has 0 bridgehead atoms. The van der Waals surface area contributed by atoms with Gasteiger partial charge in [0, 0.05) is 23.7 Å². The van der Waals surface area contributed by atoms with Crippen molar-refractivity contribution in [1.29, 1.82) is 0 Å². The summed E-state index contributed by atoms with van der Waals surface area (Å²) in [5.41, 5.74) is 3.16. The van der Waals surface area contributed by atoms with Crippen LogP contribution in [0.1, 0.15) is 15.9 Å². The predicted octanol–water partition coefficient (Wildman–Crippen LogP) is 2.55. The molecule has 8 nitrogen and oxygen atoms in total. The Balaban J connectivity index is 1.63. The number of hydrogen-bond donors (Lipinski definition) is 2. The fraction of sp³-hybridized carbons (Fsp3) is 0.200. The number of rotatable bonds is 4. The Kier molecular flexibility index (Phi) is 7.40. The van der Waals surface area contributed by atoms with Gasteiger partial charge in [0.1, 0.15) is 0 Å². The minimum absolute atomic E-state index is 0.235. The predicted molar refractivity (Wildman–Crippen MR) is 114 cm³/mol. The van der Waals surface area contributed by atoms with E-state index >= 15 is 0 Å². The van der Waals surface area contributed by atoms with E-state index in [2.05, 4.69) is 15.8 Å². The van der Waals surface area contributed by atoms with E-state index in [0.717, 1.165) is 0 Å². The van der Waals surface area contributed by atoms with Crippen molar-refractivity contribution in [1.82, 2.24) is 10.3 Å². The number of hydrogen-bond acceptors (Lipinski definition) is 5. The highest BCUT2D eigenvalue weighted by Gasteiger charge is 2.22. The number of morpholine rings is 1. The van der Waals surface area contributed by atoms with Gasteiger partial charge in [-0.25, -0.2) is 5.43 Å². The Labute approximate surface area is 182 Å². The number of benzene rings is 2. The molecule has 0 atom stereocenters. The Morgan fingerprint density at radius 2 is 1.77 bits per heavy atom. The van der Waals surface area contributed by atoms with E-state index in [4.69, 9.17) is 27.9 Å². The molecule has 156 valence electrons. The van der Waals surface area contributed by atoms with Crippen molar-refractivity contribution < 1.29 is 19.1 Å². The van der Waals surface area contributed by atoms with Crippen LogP contribution in [0.15, 0.2) is 47.6 Å². The first-order chi connectivity index (χ1) is 14.5. The number of hydrazone groups is 1. The summed E-state index contributed by atoms with van der Waals surface area (Å²) in [7, 11) is 0. The molecule has 2 N–H and O–H groups in total. The summed E-state index contributed by atoms with van der Waals surface area (Å²) in [4.78, 5) is 38.7. The maximum atomic E-state index is 12.7. The van der Waals surface area contributed by atoms with Gasteiger partial charge in [0.25, 0.3) is 5.91 Å². The van der Waals surface area contributed by atoms with Gasteiger partial charge in [0.05, 0.1) is 35.7 Å². The molecule has 2 aromatic carbocycles. The smallest absolute Gasteiger partial charge is 0.329 e. The minimum Gasteiger partial charge on any atom is -0.378 e. The van der Waals surface area contributed by atoms with E-state index < -0.39 is 11.8 Å². The zero-order valence-electron chi connectivity index (χ0n) is 15.7. The van der Waals surface area contributed by atoms with Gasteiger partial charge in [0.15, 0.2) is 0 Å². The van der Waals surface area contributed by atoms with Crippen molar-refractivity contribution >= 4 is 52.8 Å². The third-order valence-electron chi connectivity index (χ3n) is 4.24. The maximum Gasteiger partial charge on any atom is 0.329 e. The number of nitrogens with zero attached hydrogens (tertiary/aromatic N) is 2. The maximum absolute atomic E-state index is 12.7. The topological polar surface area (TPSA) is 100 Å². The fourth-order valence-electron chi connectivity index (χ4n) is 2.71. The minimum atomic E-state index is -0.995. The quantitative estimate of drug-likeness (QED) is 0.426. The molecule has 30 heavy (non-hydrogen) atoms. The SMILES string of the molecule is O=C(N/N=C\c1ccc(Cl)cc1Cl)C(=O)Nc1ccccc1C(=O)N1CCOCC1. The number of ether oxygens (including phenoxy) is 1. The summed E-state index contributed by atoms with van der Waals surface area (Å²) >= 11 is 11.8. The fourth-order valence-corrected chi connectivity index (χ4v) is 3.17. The first kappa shape index (κ1) is 21.8. The van der Waals surface area contributed by atoms with Gasteiger partial charge in [-0.2, -0.15) is 5.10 Å². The highest BCUT2D eigenvalue weighted by Crippen LogP contribution is 2.20. The molecule has 1 fully saturated rings. The molecule has 10 heteroatoms. The van der Waals surface area contributed by atoms with Gasteiger partial charge in [-0.05, 0) is 24.3 Å². The van der Waals surface area contributed by atoms with Crippen molar-refractivity contribution in [2.45, 2.75) is 0 Å². The van der Waals surface area contributed by atoms with Crippen molar-refractivity contribution in [3.8, 4) is 0 Å². The van der Waals surface area contributed by atoms with E-state index in [9.17, 15) is 14.4 Å². The third kappa shape index (κ3) is 5.56. The molecule has 1 aliphatic rings. The van der Waals surface area contributed by atoms with Crippen LogP contribution in [-0.4, -0.2) is 55.1 Å². The summed E-state index contributed by atoms with van der Waals surface area (Å²) < 4.78 is 5.25. The molecule has 0 unspecified atom stereocenters. The highest BCUT2D eigenvalue weighted by molar-refractivity contribution is 6.40. The first-order valence-corrected chi connectivity index (χ1v) is 9.77. The molecular weight excluding hydrogens is 431 g/mol. The normalized spacial score (nSPS) is 13.9. The Hall–Kier alpha value is -2.94. The van der Waals surface area contributed by atoms with Crippen LogP contribution >= 0.6 is 23.2 Å². The molecule has 0 aliphatic carbocycles. The summed E-state index contributed by atoms with van der Waals surface area (Å²) in [6.07, 6.45) is 1.29. The van der Waals surface area contributed by atoms with Gasteiger partial charge in [0.2, 0.25) is 0 Å². The van der Waals surface area contributed by atoms with Crippen molar-refractivity contribution in [3.63, 3.8) is 0 Å². The van der Waals surface area contributed by atoms with Crippen molar-refractivity contribution in [2.24, 2.45) is 5.10 Å². The first-order valence-electron chi connectivity index (χ1n) is 9.01. The van der Waals surface area contributed by atoms with Crippen molar-refractivity contribution in [3.05, 3.63) is 63.6 Å². The lowest BCUT2D eigenvalue weighted by atomic mass is 10.1. The van der Waals surface area contributed by atoms with E-state index in [1.807, 2.05) is 0 Å². The van der Waals surface area contributed by atoms with E-state index in [1.54, 1.807) is 41.3 Å². The largest absolute Gasteiger partial charge is 0.378 e. The van der Waals surface area contributed by atoms with Crippen LogP contribution in [0.25, 0.3) is 0 Å². The molecule has 3 rings (SSSR count). The number of carbonyl (C=O) groups excluding carboxylic acids is 3. The second-order valence-corrected chi connectivity index (χ2v) is 7.11. The van der Waals surface area contributed by atoms with Crippen LogP contribution < -0.4 is 10.7 Å². The molecule has 0 radical (unpaired) electrons. The second-order valence-electron chi connectivity index (χ2n) is 6.27. The highest BCUT2D eigenvalue weighted by atomic mass is 35.5. The standard InChI is InChI=1S/C20H18Cl2N4O4/c21-14-6-5-13(16(22)11-14)12-23-25-19(28)18(27)24-17-4-2-1-3-15(17)20(29)26-7-9-30-10-8-26/h1-6,11-12H,7-10H2,(H,24,27)(H,25,28)/b23-12-. The lowest BCUT2D eigenvalue weighted by molar-refractivity contribution is -0.136. The van der Waals surface area contributed by atoms with E-state index in [1.165, 1.54) is 12.3 Å². The van der Waals surface area contributed by atoms with Gasteiger partial charge in [-0.3, -0.25) is 14.4 Å². The van der Waals surface area contributed by atoms with Gasteiger partial charge < -0.3 is 15.0 Å². The second kappa shape index (κ2) is 10.2. The number of para-hydroxylation sites is 1. The molecule has 0 spiro atoms. The number of halogens is 2. The lowest BCUT2D eigenvalue weighted by Crippen LogP contribution is -2.41. The third-order valence-corrected chi connectivity index (χ3v) is 4.80. The molecule has 1 heterocycles. The number of nitrogens with one attached hydrogen (secondary N) is 2. The molecule has 1 saturated heterocycles. The van der Waals surface area contributed by atoms with Crippen LogP contribution in [-0.2, 0) is 14.3 Å². The molecule has 0 saturated carbocycles. The van der Waals surface area contributed by atoms with Gasteiger partial charge >= 0.3 is 11.8 Å². The number of anilines is 1. The van der Waals surface area contributed by atoms with E-state index in [0.29, 0.717) is 41.9 Å². The zero-order chi connectivity index (χ0) is 21.5.